The molecule has 0 heterocycles. The fourth-order valence-corrected chi connectivity index (χ4v) is 2.22. The van der Waals surface area contributed by atoms with E-state index in [-0.39, 0.29) is 18.4 Å². The minimum absolute atomic E-state index is 0.114. The highest BCUT2D eigenvalue weighted by Crippen LogP contribution is 2.15. The average molecular weight is 346 g/mol. The number of anilines is 2. The minimum Gasteiger partial charge on any atom is -0.376 e. The molecule has 0 saturated carbocycles. The second-order valence-corrected chi connectivity index (χ2v) is 5.68. The molecule has 0 saturated heterocycles. The zero-order chi connectivity index (χ0) is 17.4. The van der Waals surface area contributed by atoms with E-state index < -0.39 is 0 Å². The third-order valence-electron chi connectivity index (χ3n) is 3.24. The Bertz CT molecular complexity index is 702. The molecule has 0 radical (unpaired) electrons. The smallest absolute Gasteiger partial charge is 0.251 e. The summed E-state index contributed by atoms with van der Waals surface area (Å²) in [6.45, 7) is 2.77. The number of hydrogen-bond acceptors (Lipinski definition) is 3. The fourth-order valence-electron chi connectivity index (χ4n) is 2.03. The van der Waals surface area contributed by atoms with Crippen LogP contribution in [0.2, 0.25) is 5.02 Å². The van der Waals surface area contributed by atoms with E-state index >= 15 is 0 Å². The van der Waals surface area contributed by atoms with Crippen molar-refractivity contribution in [3.63, 3.8) is 0 Å². The van der Waals surface area contributed by atoms with Crippen LogP contribution in [0.5, 0.6) is 0 Å². The summed E-state index contributed by atoms with van der Waals surface area (Å²) in [6.07, 6.45) is 0.888. The lowest BCUT2D eigenvalue weighted by Gasteiger charge is -2.09. The largest absolute Gasteiger partial charge is 0.376 e. The van der Waals surface area contributed by atoms with Gasteiger partial charge in [-0.1, -0.05) is 24.6 Å². The molecule has 126 valence electrons. The molecule has 2 rings (SSSR count). The predicted octanol–water partition coefficient (Wildman–Crippen LogP) is 3.53. The summed E-state index contributed by atoms with van der Waals surface area (Å²) in [7, 11) is 0. The molecule has 6 heteroatoms. The first-order valence-electron chi connectivity index (χ1n) is 7.76. The number of rotatable bonds is 7. The molecule has 0 spiro atoms. The van der Waals surface area contributed by atoms with Crippen LogP contribution in [0.4, 0.5) is 11.4 Å². The van der Waals surface area contributed by atoms with E-state index in [1.807, 2.05) is 19.1 Å². The van der Waals surface area contributed by atoms with E-state index in [2.05, 4.69) is 16.0 Å². The SMILES string of the molecule is CCCNC(=O)c1ccc(NC(=O)CNc2cccc(Cl)c2)cc1. The fraction of sp³-hybridized carbons (Fsp3) is 0.222. The van der Waals surface area contributed by atoms with Crippen molar-refractivity contribution < 1.29 is 9.59 Å². The average Bonchev–Trinajstić information content (AvgIpc) is 2.58. The molecule has 0 aliphatic heterocycles. The van der Waals surface area contributed by atoms with Crippen molar-refractivity contribution in [3.05, 3.63) is 59.1 Å². The third-order valence-corrected chi connectivity index (χ3v) is 3.48. The molecule has 2 amide bonds. The monoisotopic (exact) mass is 345 g/mol. The van der Waals surface area contributed by atoms with Crippen LogP contribution in [-0.4, -0.2) is 24.9 Å². The maximum absolute atomic E-state index is 11.9. The van der Waals surface area contributed by atoms with E-state index in [0.717, 1.165) is 12.1 Å². The Morgan fingerprint density at radius 2 is 1.79 bits per heavy atom. The van der Waals surface area contributed by atoms with Gasteiger partial charge in [0.15, 0.2) is 0 Å². The van der Waals surface area contributed by atoms with Gasteiger partial charge in [-0.05, 0) is 48.9 Å². The van der Waals surface area contributed by atoms with E-state index in [1.165, 1.54) is 0 Å². The number of hydrogen-bond donors (Lipinski definition) is 3. The summed E-state index contributed by atoms with van der Waals surface area (Å²) in [6, 6.07) is 13.9. The van der Waals surface area contributed by atoms with Gasteiger partial charge >= 0.3 is 0 Å². The van der Waals surface area contributed by atoms with Crippen molar-refractivity contribution in [1.29, 1.82) is 0 Å². The Labute approximate surface area is 146 Å². The van der Waals surface area contributed by atoms with Gasteiger partial charge in [-0.25, -0.2) is 0 Å². The summed E-state index contributed by atoms with van der Waals surface area (Å²) in [5.74, 6) is -0.296. The number of nitrogens with one attached hydrogen (secondary N) is 3. The number of amides is 2. The standard InChI is InChI=1S/C18H20ClN3O2/c1-2-10-20-18(24)13-6-8-15(9-7-13)22-17(23)12-21-16-5-3-4-14(19)11-16/h3-9,11,21H,2,10,12H2,1H3,(H,20,24)(H,22,23). The Hall–Kier alpha value is -2.53. The molecular formula is C18H20ClN3O2. The lowest BCUT2D eigenvalue weighted by molar-refractivity contribution is -0.114. The molecule has 0 aromatic heterocycles. The predicted molar refractivity (Wildman–Crippen MR) is 97.6 cm³/mol. The van der Waals surface area contributed by atoms with Crippen LogP contribution in [0, 0.1) is 0 Å². The second kappa shape index (κ2) is 8.93. The van der Waals surface area contributed by atoms with Gasteiger partial charge in [0.25, 0.3) is 5.91 Å². The van der Waals surface area contributed by atoms with Crippen LogP contribution in [0.1, 0.15) is 23.7 Å². The van der Waals surface area contributed by atoms with E-state index in [0.29, 0.717) is 22.8 Å². The van der Waals surface area contributed by atoms with Gasteiger partial charge in [0, 0.05) is 28.5 Å². The first kappa shape index (κ1) is 17.8. The summed E-state index contributed by atoms with van der Waals surface area (Å²) >= 11 is 5.89. The molecular weight excluding hydrogens is 326 g/mol. The van der Waals surface area contributed by atoms with Crippen molar-refractivity contribution in [2.75, 3.05) is 23.7 Å². The molecule has 3 N–H and O–H groups in total. The van der Waals surface area contributed by atoms with Gasteiger partial charge in [0.2, 0.25) is 5.91 Å². The molecule has 0 bridgehead atoms. The van der Waals surface area contributed by atoms with Crippen molar-refractivity contribution in [2.45, 2.75) is 13.3 Å². The maximum Gasteiger partial charge on any atom is 0.251 e. The van der Waals surface area contributed by atoms with Gasteiger partial charge in [0.05, 0.1) is 6.54 Å². The number of benzene rings is 2. The Kier molecular flexibility index (Phi) is 6.63. The van der Waals surface area contributed by atoms with Crippen molar-refractivity contribution in [3.8, 4) is 0 Å². The van der Waals surface area contributed by atoms with Gasteiger partial charge in [-0.15, -0.1) is 0 Å². The second-order valence-electron chi connectivity index (χ2n) is 5.25. The molecule has 0 atom stereocenters. The van der Waals surface area contributed by atoms with Crippen LogP contribution >= 0.6 is 11.6 Å². The van der Waals surface area contributed by atoms with Crippen LogP contribution in [0.15, 0.2) is 48.5 Å². The zero-order valence-electron chi connectivity index (χ0n) is 13.4. The van der Waals surface area contributed by atoms with Gasteiger partial charge < -0.3 is 16.0 Å². The van der Waals surface area contributed by atoms with Gasteiger partial charge in [0.1, 0.15) is 0 Å². The summed E-state index contributed by atoms with van der Waals surface area (Å²) in [5.41, 5.74) is 1.99. The first-order valence-corrected chi connectivity index (χ1v) is 8.14. The molecule has 2 aromatic carbocycles. The molecule has 0 unspecified atom stereocenters. The minimum atomic E-state index is -0.182. The van der Waals surface area contributed by atoms with E-state index in [4.69, 9.17) is 11.6 Å². The number of carbonyl (C=O) groups excluding carboxylic acids is 2. The van der Waals surface area contributed by atoms with Crippen LogP contribution in [0.3, 0.4) is 0 Å². The molecule has 0 aliphatic carbocycles. The van der Waals surface area contributed by atoms with Crippen molar-refractivity contribution >= 4 is 34.8 Å². The summed E-state index contributed by atoms with van der Waals surface area (Å²) in [5, 5.41) is 9.18. The summed E-state index contributed by atoms with van der Waals surface area (Å²) in [4.78, 5) is 23.7. The van der Waals surface area contributed by atoms with Gasteiger partial charge in [-0.2, -0.15) is 0 Å². The summed E-state index contributed by atoms with van der Waals surface area (Å²) < 4.78 is 0. The Morgan fingerprint density at radius 3 is 2.46 bits per heavy atom. The van der Waals surface area contributed by atoms with Gasteiger partial charge in [-0.3, -0.25) is 9.59 Å². The Balaban J connectivity index is 1.84. The lowest BCUT2D eigenvalue weighted by atomic mass is 10.2. The molecule has 5 nitrogen and oxygen atoms in total. The first-order chi connectivity index (χ1) is 11.6. The topological polar surface area (TPSA) is 70.2 Å². The molecule has 0 aliphatic rings. The van der Waals surface area contributed by atoms with Crippen LogP contribution in [-0.2, 0) is 4.79 Å². The number of carbonyl (C=O) groups is 2. The highest BCUT2D eigenvalue weighted by atomic mass is 35.5. The molecule has 2 aromatic rings. The lowest BCUT2D eigenvalue weighted by Crippen LogP contribution is -2.24. The normalized spacial score (nSPS) is 10.1. The van der Waals surface area contributed by atoms with E-state index in [1.54, 1.807) is 36.4 Å². The quantitative estimate of drug-likeness (QED) is 0.719. The molecule has 0 fully saturated rings. The molecule has 24 heavy (non-hydrogen) atoms. The van der Waals surface area contributed by atoms with Crippen molar-refractivity contribution in [2.24, 2.45) is 0 Å². The highest BCUT2D eigenvalue weighted by molar-refractivity contribution is 6.30. The van der Waals surface area contributed by atoms with Crippen LogP contribution in [0.25, 0.3) is 0 Å². The van der Waals surface area contributed by atoms with E-state index in [9.17, 15) is 9.59 Å². The highest BCUT2D eigenvalue weighted by Gasteiger charge is 2.06. The number of halogens is 1. The maximum atomic E-state index is 11.9. The van der Waals surface area contributed by atoms with Crippen molar-refractivity contribution in [1.82, 2.24) is 5.32 Å². The third kappa shape index (κ3) is 5.59. The zero-order valence-corrected chi connectivity index (χ0v) is 14.2. The van der Waals surface area contributed by atoms with Crippen LogP contribution < -0.4 is 16.0 Å². The Morgan fingerprint density at radius 1 is 1.04 bits per heavy atom.